The summed E-state index contributed by atoms with van der Waals surface area (Å²) in [7, 11) is 1.45. The number of carbonyl (C=O) groups excluding carboxylic acids is 2. The van der Waals surface area contributed by atoms with Crippen molar-refractivity contribution in [3.63, 3.8) is 0 Å². The van der Waals surface area contributed by atoms with Crippen LogP contribution in [0.25, 0.3) is 10.9 Å². The summed E-state index contributed by atoms with van der Waals surface area (Å²) in [4.78, 5) is 52.2. The van der Waals surface area contributed by atoms with Gasteiger partial charge in [0.15, 0.2) is 0 Å². The van der Waals surface area contributed by atoms with E-state index in [1.165, 1.54) is 25.2 Å². The van der Waals surface area contributed by atoms with Crippen LogP contribution in [0.3, 0.4) is 0 Å². The van der Waals surface area contributed by atoms with E-state index in [-0.39, 0.29) is 40.1 Å². The lowest BCUT2D eigenvalue weighted by Gasteiger charge is -2.34. The van der Waals surface area contributed by atoms with Crippen LogP contribution < -0.4 is 21.5 Å². The van der Waals surface area contributed by atoms with E-state index in [9.17, 15) is 24.5 Å². The summed E-state index contributed by atoms with van der Waals surface area (Å²) >= 11 is 3.24. The molecule has 1 aliphatic carbocycles. The zero-order chi connectivity index (χ0) is 26.0. The Morgan fingerprint density at radius 3 is 2.50 bits per heavy atom. The van der Waals surface area contributed by atoms with E-state index >= 15 is 0 Å². The number of H-pyrrole nitrogens is 1. The van der Waals surface area contributed by atoms with E-state index < -0.39 is 16.7 Å². The topological polar surface area (TPSA) is 146 Å². The number of nitrogens with zero attached hydrogens (tertiary/aromatic N) is 1. The van der Waals surface area contributed by atoms with E-state index in [0.717, 1.165) is 18.4 Å². The van der Waals surface area contributed by atoms with Gasteiger partial charge >= 0.3 is 0 Å². The summed E-state index contributed by atoms with van der Waals surface area (Å²) in [5.74, 6) is -0.865. The first-order valence-corrected chi connectivity index (χ1v) is 12.4. The number of anilines is 1. The van der Waals surface area contributed by atoms with Gasteiger partial charge in [0.1, 0.15) is 5.69 Å². The van der Waals surface area contributed by atoms with Gasteiger partial charge in [0.25, 0.3) is 17.5 Å². The van der Waals surface area contributed by atoms with Crippen LogP contribution >= 0.6 is 15.9 Å². The normalized spacial score (nSPS) is 17.4. The van der Waals surface area contributed by atoms with Crippen LogP contribution in [0.15, 0.2) is 45.7 Å². The maximum absolute atomic E-state index is 13.4. The van der Waals surface area contributed by atoms with Gasteiger partial charge in [-0.25, -0.2) is 0 Å². The standard InChI is InChI=1S/C25H26BrN5O5/c1-13-6-5-7-15-16(12-21(32)30-22(13)15)25(34)29-19-9-4-3-8-18(19)28-23-17(24(33)27-2)10-14(26)11-20(23)31(35)36/h5-7,10-12,18-19,28H,3-4,8-9H2,1-2H3,(H,27,33)(H,29,34)(H,30,32)/t18-,19+/m1/s1. The molecule has 1 heterocycles. The van der Waals surface area contributed by atoms with Crippen molar-refractivity contribution in [2.24, 2.45) is 0 Å². The number of nitro groups is 1. The smallest absolute Gasteiger partial charge is 0.294 e. The maximum atomic E-state index is 13.4. The van der Waals surface area contributed by atoms with Crippen LogP contribution in [0, 0.1) is 17.0 Å². The second kappa shape index (κ2) is 10.5. The molecule has 4 N–H and O–H groups in total. The van der Waals surface area contributed by atoms with Crippen molar-refractivity contribution < 1.29 is 14.5 Å². The summed E-state index contributed by atoms with van der Waals surface area (Å²) in [6, 6.07) is 8.88. The highest BCUT2D eigenvalue weighted by Gasteiger charge is 2.31. The molecule has 2 atom stereocenters. The van der Waals surface area contributed by atoms with Crippen LogP contribution in [-0.4, -0.2) is 40.9 Å². The highest BCUT2D eigenvalue weighted by atomic mass is 79.9. The second-order valence-corrected chi connectivity index (χ2v) is 9.76. The third kappa shape index (κ3) is 5.11. The van der Waals surface area contributed by atoms with E-state index in [4.69, 9.17) is 0 Å². The molecule has 3 aromatic rings. The number of para-hydroxylation sites is 1. The Morgan fingerprint density at radius 2 is 1.81 bits per heavy atom. The average Bonchev–Trinajstić information content (AvgIpc) is 2.85. The highest BCUT2D eigenvalue weighted by Crippen LogP contribution is 2.35. The number of nitro benzene ring substituents is 1. The maximum Gasteiger partial charge on any atom is 0.294 e. The summed E-state index contributed by atoms with van der Waals surface area (Å²) < 4.78 is 0.406. The lowest BCUT2D eigenvalue weighted by Crippen LogP contribution is -2.49. The summed E-state index contributed by atoms with van der Waals surface area (Å²) in [6.07, 6.45) is 3.00. The Balaban J connectivity index is 1.68. The van der Waals surface area contributed by atoms with Crippen molar-refractivity contribution in [1.82, 2.24) is 15.6 Å². The Kier molecular flexibility index (Phi) is 7.39. The summed E-state index contributed by atoms with van der Waals surface area (Å²) in [5.41, 5.74) is 1.34. The van der Waals surface area contributed by atoms with Gasteiger partial charge < -0.3 is 20.9 Å². The second-order valence-electron chi connectivity index (χ2n) is 8.84. The zero-order valence-electron chi connectivity index (χ0n) is 19.8. The number of aryl methyl sites for hydroxylation is 1. The third-order valence-corrected chi connectivity index (χ3v) is 6.95. The number of benzene rings is 2. The Bertz CT molecular complexity index is 1420. The largest absolute Gasteiger partial charge is 0.374 e. The molecular formula is C25H26BrN5O5. The zero-order valence-corrected chi connectivity index (χ0v) is 21.4. The minimum absolute atomic E-state index is 0.103. The number of aromatic amines is 1. The average molecular weight is 556 g/mol. The fraction of sp³-hybridized carbons (Fsp3) is 0.320. The molecule has 36 heavy (non-hydrogen) atoms. The van der Waals surface area contributed by atoms with Gasteiger partial charge in [0, 0.05) is 41.1 Å². The molecular weight excluding hydrogens is 530 g/mol. The van der Waals surface area contributed by atoms with E-state index in [1.807, 2.05) is 19.1 Å². The number of hydrogen-bond acceptors (Lipinski definition) is 6. The molecule has 0 saturated heterocycles. The van der Waals surface area contributed by atoms with Gasteiger partial charge in [-0.3, -0.25) is 24.5 Å². The number of rotatable bonds is 6. The van der Waals surface area contributed by atoms with E-state index in [2.05, 4.69) is 36.9 Å². The first kappa shape index (κ1) is 25.4. The number of hydrogen-bond donors (Lipinski definition) is 4. The van der Waals surface area contributed by atoms with Gasteiger partial charge in [0.05, 0.1) is 21.6 Å². The minimum atomic E-state index is -0.541. The van der Waals surface area contributed by atoms with Crippen LogP contribution in [0.1, 0.15) is 52.0 Å². The van der Waals surface area contributed by atoms with Crippen molar-refractivity contribution in [2.75, 3.05) is 12.4 Å². The number of pyridine rings is 1. The Hall–Kier alpha value is -3.73. The number of halogens is 1. The monoisotopic (exact) mass is 555 g/mol. The lowest BCUT2D eigenvalue weighted by atomic mass is 9.89. The van der Waals surface area contributed by atoms with Crippen molar-refractivity contribution >= 4 is 50.0 Å². The molecule has 0 aliphatic heterocycles. The molecule has 1 saturated carbocycles. The number of nitrogens with one attached hydrogen (secondary N) is 4. The Labute approximate surface area is 215 Å². The van der Waals surface area contributed by atoms with Crippen molar-refractivity contribution in [1.29, 1.82) is 0 Å². The SMILES string of the molecule is CNC(=O)c1cc(Br)cc([N+](=O)[O-])c1N[C@@H]1CCCC[C@@H]1NC(=O)c1cc(=O)[nH]c2c(C)cccc12. The molecule has 0 unspecified atom stereocenters. The number of fused-ring (bicyclic) bond motifs is 1. The van der Waals surface area contributed by atoms with Gasteiger partial charge in [-0.1, -0.05) is 47.0 Å². The van der Waals surface area contributed by atoms with Crippen LogP contribution in [0.5, 0.6) is 0 Å². The number of aromatic nitrogens is 1. The predicted octanol–water partition coefficient (Wildman–Crippen LogP) is 4.02. The van der Waals surface area contributed by atoms with Gasteiger partial charge in [-0.05, 0) is 31.4 Å². The van der Waals surface area contributed by atoms with Crippen molar-refractivity contribution in [3.05, 3.63) is 78.0 Å². The molecule has 11 heteroatoms. The summed E-state index contributed by atoms with van der Waals surface area (Å²) in [5, 5.41) is 21.2. The summed E-state index contributed by atoms with van der Waals surface area (Å²) in [6.45, 7) is 1.86. The van der Waals surface area contributed by atoms with Gasteiger partial charge in [0.2, 0.25) is 5.56 Å². The molecule has 0 radical (unpaired) electrons. The van der Waals surface area contributed by atoms with Crippen LogP contribution in [0.2, 0.25) is 0 Å². The fourth-order valence-corrected chi connectivity index (χ4v) is 5.17. The van der Waals surface area contributed by atoms with Crippen molar-refractivity contribution in [3.8, 4) is 0 Å². The Morgan fingerprint density at radius 1 is 1.08 bits per heavy atom. The molecule has 10 nitrogen and oxygen atoms in total. The molecule has 4 rings (SSSR count). The van der Waals surface area contributed by atoms with Crippen LogP contribution in [0.4, 0.5) is 11.4 Å². The van der Waals surface area contributed by atoms with Gasteiger partial charge in [-0.15, -0.1) is 0 Å². The predicted molar refractivity (Wildman–Crippen MR) is 141 cm³/mol. The molecule has 0 bridgehead atoms. The first-order chi connectivity index (χ1) is 17.2. The molecule has 1 aromatic heterocycles. The number of carbonyl (C=O) groups is 2. The molecule has 1 fully saturated rings. The van der Waals surface area contributed by atoms with E-state index in [0.29, 0.717) is 28.2 Å². The third-order valence-electron chi connectivity index (χ3n) is 6.49. The molecule has 2 aromatic carbocycles. The first-order valence-electron chi connectivity index (χ1n) is 11.6. The fourth-order valence-electron chi connectivity index (χ4n) is 4.72. The lowest BCUT2D eigenvalue weighted by molar-refractivity contribution is -0.384. The molecule has 1 aliphatic rings. The van der Waals surface area contributed by atoms with E-state index in [1.54, 1.807) is 6.07 Å². The molecule has 2 amide bonds. The quantitative estimate of drug-likeness (QED) is 0.267. The highest BCUT2D eigenvalue weighted by molar-refractivity contribution is 9.10. The van der Waals surface area contributed by atoms with Gasteiger partial charge in [-0.2, -0.15) is 0 Å². The molecule has 188 valence electrons. The van der Waals surface area contributed by atoms with Crippen LogP contribution in [-0.2, 0) is 0 Å². The number of amides is 2. The molecule has 0 spiro atoms. The van der Waals surface area contributed by atoms with Crippen molar-refractivity contribution in [2.45, 2.75) is 44.7 Å². The minimum Gasteiger partial charge on any atom is -0.374 e.